The van der Waals surface area contributed by atoms with E-state index in [0.29, 0.717) is 19.5 Å². The highest BCUT2D eigenvalue weighted by Crippen LogP contribution is 2.10. The molecule has 5 heteroatoms. The molecule has 1 aliphatic rings. The summed E-state index contributed by atoms with van der Waals surface area (Å²) in [4.78, 5) is 22.5. The fraction of sp³-hybridized carbons (Fsp3) is 0.800. The Bertz CT molecular complexity index is 263. The lowest BCUT2D eigenvalue weighted by molar-refractivity contribution is -0.127. The number of carbonyl (C=O) groups is 2. The molecule has 0 aromatic rings. The van der Waals surface area contributed by atoms with E-state index in [2.05, 4.69) is 10.6 Å². The molecule has 1 atom stereocenters. The molecule has 0 radical (unpaired) electrons. The first-order valence-corrected chi connectivity index (χ1v) is 5.04. The maximum Gasteiger partial charge on any atom is 0.225 e. The molecule has 0 bridgehead atoms. The predicted octanol–water partition coefficient (Wildman–Crippen LogP) is -0.336. The van der Waals surface area contributed by atoms with Crippen molar-refractivity contribution in [3.05, 3.63) is 0 Å². The van der Waals surface area contributed by atoms with Crippen molar-refractivity contribution in [1.29, 1.82) is 0 Å². The maximum atomic E-state index is 11.6. The van der Waals surface area contributed by atoms with E-state index < -0.39 is 0 Å². The summed E-state index contributed by atoms with van der Waals surface area (Å²) in [5, 5.41) is 5.41. The highest BCUT2D eigenvalue weighted by Gasteiger charge is 2.28. The van der Waals surface area contributed by atoms with Crippen LogP contribution in [0.25, 0.3) is 0 Å². The van der Waals surface area contributed by atoms with Crippen molar-refractivity contribution in [3.8, 4) is 0 Å². The number of methoxy groups -OCH3 is 1. The zero-order chi connectivity index (χ0) is 11.5. The molecule has 15 heavy (non-hydrogen) atoms. The Morgan fingerprint density at radius 2 is 2.33 bits per heavy atom. The van der Waals surface area contributed by atoms with Gasteiger partial charge in [-0.1, -0.05) is 0 Å². The number of hydrogen-bond donors (Lipinski definition) is 2. The first-order chi connectivity index (χ1) is 6.94. The van der Waals surface area contributed by atoms with Crippen LogP contribution in [0.3, 0.4) is 0 Å². The van der Waals surface area contributed by atoms with Crippen molar-refractivity contribution >= 4 is 11.8 Å². The van der Waals surface area contributed by atoms with Crippen molar-refractivity contribution in [2.24, 2.45) is 5.92 Å². The minimum Gasteiger partial charge on any atom is -0.377 e. The van der Waals surface area contributed by atoms with Crippen LogP contribution in [0.1, 0.15) is 20.3 Å². The van der Waals surface area contributed by atoms with Gasteiger partial charge in [-0.2, -0.15) is 0 Å². The molecule has 0 aliphatic carbocycles. The van der Waals surface area contributed by atoms with Gasteiger partial charge in [-0.25, -0.2) is 0 Å². The Kier molecular flexibility index (Phi) is 3.68. The Balaban J connectivity index is 2.33. The Morgan fingerprint density at radius 3 is 2.80 bits per heavy atom. The van der Waals surface area contributed by atoms with Gasteiger partial charge in [0.25, 0.3) is 0 Å². The zero-order valence-electron chi connectivity index (χ0n) is 9.42. The fourth-order valence-corrected chi connectivity index (χ4v) is 1.31. The number of carbonyl (C=O) groups excluding carboxylic acids is 2. The molecule has 1 rings (SSSR count). The monoisotopic (exact) mass is 214 g/mol. The van der Waals surface area contributed by atoms with Crippen LogP contribution in [0.15, 0.2) is 0 Å². The highest BCUT2D eigenvalue weighted by molar-refractivity contribution is 5.89. The molecule has 2 N–H and O–H groups in total. The van der Waals surface area contributed by atoms with Gasteiger partial charge in [-0.05, 0) is 13.8 Å². The molecule has 0 saturated carbocycles. The summed E-state index contributed by atoms with van der Waals surface area (Å²) in [7, 11) is 1.60. The lowest BCUT2D eigenvalue weighted by Crippen LogP contribution is -2.42. The van der Waals surface area contributed by atoms with E-state index >= 15 is 0 Å². The van der Waals surface area contributed by atoms with E-state index in [0.717, 1.165) is 0 Å². The SMILES string of the molecule is COC(C)(C)CNC(=O)C1CNC(=O)C1. The molecule has 86 valence electrons. The molecule has 1 saturated heterocycles. The second kappa shape index (κ2) is 4.61. The molecule has 0 aromatic heterocycles. The summed E-state index contributed by atoms with van der Waals surface area (Å²) in [6, 6.07) is 0. The number of hydrogen-bond acceptors (Lipinski definition) is 3. The van der Waals surface area contributed by atoms with Crippen LogP contribution < -0.4 is 10.6 Å². The van der Waals surface area contributed by atoms with Crippen LogP contribution in [0.4, 0.5) is 0 Å². The van der Waals surface area contributed by atoms with Crippen molar-refractivity contribution < 1.29 is 14.3 Å². The molecule has 5 nitrogen and oxygen atoms in total. The summed E-state index contributed by atoms with van der Waals surface area (Å²) >= 11 is 0. The summed E-state index contributed by atoms with van der Waals surface area (Å²) in [6.45, 7) is 4.68. The summed E-state index contributed by atoms with van der Waals surface area (Å²) in [6.07, 6.45) is 0.291. The Labute approximate surface area is 89.6 Å². The molecular weight excluding hydrogens is 196 g/mol. The molecule has 1 heterocycles. The molecule has 0 spiro atoms. The van der Waals surface area contributed by atoms with Gasteiger partial charge in [0, 0.05) is 26.6 Å². The van der Waals surface area contributed by atoms with Crippen molar-refractivity contribution in [3.63, 3.8) is 0 Å². The van der Waals surface area contributed by atoms with Crippen LogP contribution in [0, 0.1) is 5.92 Å². The Morgan fingerprint density at radius 1 is 1.67 bits per heavy atom. The lowest BCUT2D eigenvalue weighted by Gasteiger charge is -2.23. The number of amides is 2. The van der Waals surface area contributed by atoms with E-state index in [4.69, 9.17) is 4.74 Å². The topological polar surface area (TPSA) is 67.4 Å². The van der Waals surface area contributed by atoms with Crippen molar-refractivity contribution in [2.45, 2.75) is 25.9 Å². The quantitative estimate of drug-likeness (QED) is 0.673. The number of rotatable bonds is 4. The van der Waals surface area contributed by atoms with Crippen LogP contribution in [0.2, 0.25) is 0 Å². The van der Waals surface area contributed by atoms with Gasteiger partial charge in [-0.15, -0.1) is 0 Å². The molecule has 0 aromatic carbocycles. The van der Waals surface area contributed by atoms with E-state index in [1.807, 2.05) is 13.8 Å². The summed E-state index contributed by atoms with van der Waals surface area (Å²) in [5.41, 5.74) is -0.369. The van der Waals surface area contributed by atoms with Crippen molar-refractivity contribution in [1.82, 2.24) is 10.6 Å². The fourth-order valence-electron chi connectivity index (χ4n) is 1.31. The number of ether oxygens (including phenoxy) is 1. The average molecular weight is 214 g/mol. The summed E-state index contributed by atoms with van der Waals surface area (Å²) in [5.74, 6) is -0.371. The minimum atomic E-state index is -0.369. The van der Waals surface area contributed by atoms with Gasteiger partial charge in [0.1, 0.15) is 0 Å². The predicted molar refractivity (Wildman–Crippen MR) is 55.2 cm³/mol. The third-order valence-electron chi connectivity index (χ3n) is 2.59. The minimum absolute atomic E-state index is 0.0545. The largest absolute Gasteiger partial charge is 0.377 e. The van der Waals surface area contributed by atoms with Crippen LogP contribution in [-0.2, 0) is 14.3 Å². The molecule has 2 amide bonds. The second-order valence-electron chi connectivity index (χ2n) is 4.39. The molecule has 1 aliphatic heterocycles. The van der Waals surface area contributed by atoms with E-state index in [1.54, 1.807) is 7.11 Å². The molecular formula is C10H18N2O3. The number of nitrogens with one attached hydrogen (secondary N) is 2. The van der Waals surface area contributed by atoms with Gasteiger partial charge in [0.2, 0.25) is 11.8 Å². The third-order valence-corrected chi connectivity index (χ3v) is 2.59. The van der Waals surface area contributed by atoms with Gasteiger partial charge in [0.15, 0.2) is 0 Å². The second-order valence-corrected chi connectivity index (χ2v) is 4.39. The highest BCUT2D eigenvalue weighted by atomic mass is 16.5. The maximum absolute atomic E-state index is 11.6. The Hall–Kier alpha value is -1.10. The zero-order valence-corrected chi connectivity index (χ0v) is 9.42. The first-order valence-electron chi connectivity index (χ1n) is 5.04. The summed E-state index contributed by atoms with van der Waals surface area (Å²) < 4.78 is 5.17. The first kappa shape index (κ1) is 12.0. The van der Waals surface area contributed by atoms with Crippen molar-refractivity contribution in [2.75, 3.05) is 20.2 Å². The van der Waals surface area contributed by atoms with Crippen LogP contribution >= 0.6 is 0 Å². The van der Waals surface area contributed by atoms with Crippen LogP contribution in [0.5, 0.6) is 0 Å². The van der Waals surface area contributed by atoms with E-state index in [1.165, 1.54) is 0 Å². The van der Waals surface area contributed by atoms with Crippen LogP contribution in [-0.4, -0.2) is 37.6 Å². The standard InChI is InChI=1S/C10H18N2O3/c1-10(2,15-3)6-12-9(14)7-4-8(13)11-5-7/h7H,4-6H2,1-3H3,(H,11,13)(H,12,14). The van der Waals surface area contributed by atoms with Gasteiger partial charge in [0.05, 0.1) is 11.5 Å². The smallest absolute Gasteiger partial charge is 0.225 e. The average Bonchev–Trinajstić information content (AvgIpc) is 2.61. The third kappa shape index (κ3) is 3.51. The normalized spacial score (nSPS) is 21.3. The van der Waals surface area contributed by atoms with Gasteiger partial charge in [-0.3, -0.25) is 9.59 Å². The van der Waals surface area contributed by atoms with Gasteiger partial charge >= 0.3 is 0 Å². The van der Waals surface area contributed by atoms with E-state index in [9.17, 15) is 9.59 Å². The van der Waals surface area contributed by atoms with Gasteiger partial charge < -0.3 is 15.4 Å². The molecule has 1 unspecified atom stereocenters. The molecule has 1 fully saturated rings. The lowest BCUT2D eigenvalue weighted by atomic mass is 10.1. The van der Waals surface area contributed by atoms with E-state index in [-0.39, 0.29) is 23.3 Å².